The van der Waals surface area contributed by atoms with E-state index >= 15 is 0 Å². The Labute approximate surface area is 168 Å². The minimum Gasteiger partial charge on any atom is -0.113 e. The molecule has 0 radical (unpaired) electrons. The zero-order valence-electron chi connectivity index (χ0n) is 13.7. The molecule has 2 aromatic carbocycles. The van der Waals surface area contributed by atoms with Crippen LogP contribution < -0.4 is 0 Å². The van der Waals surface area contributed by atoms with Crippen molar-refractivity contribution in [2.45, 2.75) is 24.6 Å². The standard InChI is InChI=1S/C21H18Cl2.Ti/c1-21(2,17-11-13-7-3-5-9-15(13)19(17)22)18-12-14-8-4-6-10-16(14)20(18)23;/h3-12,19-20H,1-2H3;. The molecule has 0 amide bonds. The van der Waals surface area contributed by atoms with Crippen LogP contribution in [-0.2, 0) is 21.7 Å². The summed E-state index contributed by atoms with van der Waals surface area (Å²) >= 11 is 13.6. The molecule has 0 saturated heterocycles. The van der Waals surface area contributed by atoms with Crippen molar-refractivity contribution in [2.24, 2.45) is 5.41 Å². The number of allylic oxidation sites excluding steroid dienone is 2. The fourth-order valence-corrected chi connectivity index (χ4v) is 4.79. The third-order valence-electron chi connectivity index (χ3n) is 5.15. The molecule has 3 heteroatoms. The van der Waals surface area contributed by atoms with E-state index in [1.54, 1.807) is 0 Å². The summed E-state index contributed by atoms with van der Waals surface area (Å²) in [6, 6.07) is 16.7. The van der Waals surface area contributed by atoms with Crippen LogP contribution in [0, 0.1) is 5.41 Å². The summed E-state index contributed by atoms with van der Waals surface area (Å²) < 4.78 is 0. The third kappa shape index (κ3) is 2.65. The summed E-state index contributed by atoms with van der Waals surface area (Å²) in [6.45, 7) is 4.46. The summed E-state index contributed by atoms with van der Waals surface area (Å²) in [5, 5.41) is -0.177. The van der Waals surface area contributed by atoms with Crippen LogP contribution in [0.4, 0.5) is 0 Å². The van der Waals surface area contributed by atoms with Crippen LogP contribution in [0.25, 0.3) is 12.2 Å². The van der Waals surface area contributed by atoms with Crippen molar-refractivity contribution in [1.29, 1.82) is 0 Å². The van der Waals surface area contributed by atoms with Gasteiger partial charge in [0.2, 0.25) is 0 Å². The molecule has 2 aliphatic carbocycles. The zero-order valence-corrected chi connectivity index (χ0v) is 16.8. The van der Waals surface area contributed by atoms with Crippen LogP contribution in [0.1, 0.15) is 46.9 Å². The molecule has 0 bridgehead atoms. The second kappa shape index (κ2) is 6.50. The van der Waals surface area contributed by atoms with Gasteiger partial charge in [-0.3, -0.25) is 0 Å². The first-order chi connectivity index (χ1) is 11.0. The molecule has 24 heavy (non-hydrogen) atoms. The molecule has 0 saturated carbocycles. The van der Waals surface area contributed by atoms with Gasteiger partial charge in [0.1, 0.15) is 0 Å². The van der Waals surface area contributed by atoms with E-state index in [0.29, 0.717) is 0 Å². The monoisotopic (exact) mass is 388 g/mol. The van der Waals surface area contributed by atoms with E-state index in [9.17, 15) is 0 Å². The van der Waals surface area contributed by atoms with Gasteiger partial charge in [0.25, 0.3) is 0 Å². The van der Waals surface area contributed by atoms with Crippen LogP contribution in [0.2, 0.25) is 0 Å². The summed E-state index contributed by atoms with van der Waals surface area (Å²) in [4.78, 5) is 0. The van der Waals surface area contributed by atoms with Gasteiger partial charge in [-0.05, 0) is 33.4 Å². The van der Waals surface area contributed by atoms with Crippen molar-refractivity contribution in [2.75, 3.05) is 0 Å². The minimum absolute atomic E-state index is 0. The van der Waals surface area contributed by atoms with Crippen molar-refractivity contribution in [3.05, 3.63) is 81.9 Å². The van der Waals surface area contributed by atoms with Gasteiger partial charge >= 0.3 is 0 Å². The molecule has 0 nitrogen and oxygen atoms in total. The quantitative estimate of drug-likeness (QED) is 0.393. The van der Waals surface area contributed by atoms with Crippen molar-refractivity contribution >= 4 is 35.4 Å². The maximum atomic E-state index is 6.79. The molecular weight excluding hydrogens is 371 g/mol. The molecule has 4 rings (SSSR count). The van der Waals surface area contributed by atoms with Gasteiger partial charge in [0.05, 0.1) is 10.8 Å². The first-order valence-electron chi connectivity index (χ1n) is 7.90. The van der Waals surface area contributed by atoms with Gasteiger partial charge in [-0.2, -0.15) is 0 Å². The Morgan fingerprint density at radius 1 is 0.708 bits per heavy atom. The smallest absolute Gasteiger partial charge is 0.0812 e. The van der Waals surface area contributed by atoms with Crippen molar-refractivity contribution in [3.63, 3.8) is 0 Å². The number of hydrogen-bond acceptors (Lipinski definition) is 0. The average molecular weight is 389 g/mol. The molecule has 2 aliphatic rings. The van der Waals surface area contributed by atoms with E-state index < -0.39 is 0 Å². The number of alkyl halides is 2. The van der Waals surface area contributed by atoms with E-state index in [1.807, 2.05) is 12.1 Å². The molecule has 0 spiro atoms. The van der Waals surface area contributed by atoms with Gasteiger partial charge in [0.15, 0.2) is 0 Å². The van der Waals surface area contributed by atoms with Gasteiger partial charge in [-0.25, -0.2) is 0 Å². The summed E-state index contributed by atoms with van der Waals surface area (Å²) in [7, 11) is 0. The fourth-order valence-electron chi connectivity index (χ4n) is 3.72. The fraction of sp³-hybridized carbons (Fsp3) is 0.238. The largest absolute Gasteiger partial charge is 0.113 e. The Morgan fingerprint density at radius 3 is 1.46 bits per heavy atom. The van der Waals surface area contributed by atoms with Crippen LogP contribution in [0.15, 0.2) is 59.7 Å². The molecular formula is C21H18Cl2Ti. The van der Waals surface area contributed by atoms with Crippen molar-refractivity contribution < 1.29 is 21.7 Å². The third-order valence-corrected chi connectivity index (χ3v) is 6.09. The Bertz CT molecular complexity index is 779. The molecule has 0 aliphatic heterocycles. The molecule has 120 valence electrons. The average Bonchev–Trinajstić information content (AvgIpc) is 3.07. The van der Waals surface area contributed by atoms with E-state index in [2.05, 4.69) is 62.4 Å². The molecule has 0 fully saturated rings. The van der Waals surface area contributed by atoms with Crippen molar-refractivity contribution in [1.82, 2.24) is 0 Å². The molecule has 2 aromatic rings. The SMILES string of the molecule is CC(C)(C1=Cc2ccccc2C1Cl)C1=Cc2ccccc2C1Cl.[Ti]. The van der Waals surface area contributed by atoms with E-state index in [1.165, 1.54) is 33.4 Å². The molecule has 0 heterocycles. The van der Waals surface area contributed by atoms with Crippen LogP contribution in [0.5, 0.6) is 0 Å². The van der Waals surface area contributed by atoms with E-state index in [-0.39, 0.29) is 37.9 Å². The molecule has 2 atom stereocenters. The summed E-state index contributed by atoms with van der Waals surface area (Å²) in [5.41, 5.74) is 7.10. The first-order valence-corrected chi connectivity index (χ1v) is 8.77. The number of rotatable bonds is 2. The predicted octanol–water partition coefficient (Wildman–Crippen LogP) is 6.76. The summed E-state index contributed by atoms with van der Waals surface area (Å²) in [6.07, 6.45) is 4.47. The van der Waals surface area contributed by atoms with Crippen LogP contribution >= 0.6 is 23.2 Å². The number of fused-ring (bicyclic) bond motifs is 2. The Balaban J connectivity index is 0.00000169. The normalized spacial score (nSPS) is 21.5. The molecule has 0 N–H and O–H groups in total. The Hall–Kier alpha value is -0.786. The van der Waals surface area contributed by atoms with Gasteiger partial charge < -0.3 is 0 Å². The summed E-state index contributed by atoms with van der Waals surface area (Å²) in [5.74, 6) is 0. The van der Waals surface area contributed by atoms with Gasteiger partial charge in [-0.15, -0.1) is 23.2 Å². The van der Waals surface area contributed by atoms with E-state index in [0.717, 1.165) is 0 Å². The van der Waals surface area contributed by atoms with E-state index in [4.69, 9.17) is 23.2 Å². The second-order valence-corrected chi connectivity index (χ2v) is 7.68. The maximum absolute atomic E-state index is 6.79. The topological polar surface area (TPSA) is 0 Å². The van der Waals surface area contributed by atoms with Crippen molar-refractivity contribution in [3.8, 4) is 0 Å². The van der Waals surface area contributed by atoms with Crippen LogP contribution in [0.3, 0.4) is 0 Å². The number of benzene rings is 2. The number of hydrogen-bond donors (Lipinski definition) is 0. The Kier molecular flexibility index (Phi) is 4.88. The predicted molar refractivity (Wildman–Crippen MR) is 99.8 cm³/mol. The Morgan fingerprint density at radius 2 is 1.08 bits per heavy atom. The number of halogens is 2. The molecule has 2 unspecified atom stereocenters. The maximum Gasteiger partial charge on any atom is 0.0812 e. The molecule has 0 aromatic heterocycles. The van der Waals surface area contributed by atoms with Gasteiger partial charge in [-0.1, -0.05) is 74.5 Å². The van der Waals surface area contributed by atoms with Gasteiger partial charge in [0, 0.05) is 27.1 Å². The zero-order chi connectivity index (χ0) is 16.2. The first kappa shape index (κ1) is 18.0. The van der Waals surface area contributed by atoms with Crippen LogP contribution in [-0.4, -0.2) is 0 Å². The second-order valence-electron chi connectivity index (χ2n) is 6.81. The minimum atomic E-state index is -0.184.